The lowest BCUT2D eigenvalue weighted by Gasteiger charge is -2.25. The van der Waals surface area contributed by atoms with Crippen molar-refractivity contribution in [1.82, 2.24) is 4.57 Å². The summed E-state index contributed by atoms with van der Waals surface area (Å²) in [4.78, 5) is 44.3. The molecule has 10 heteroatoms. The quantitative estimate of drug-likeness (QED) is 0.397. The van der Waals surface area contributed by atoms with E-state index < -0.39 is 18.0 Å². The largest absolute Gasteiger partial charge is 0.497 e. The van der Waals surface area contributed by atoms with Gasteiger partial charge in [0, 0.05) is 5.56 Å². The highest BCUT2D eigenvalue weighted by Gasteiger charge is 2.33. The van der Waals surface area contributed by atoms with Crippen LogP contribution in [-0.4, -0.2) is 44.4 Å². The predicted octanol–water partition coefficient (Wildman–Crippen LogP) is 3.24. The van der Waals surface area contributed by atoms with Gasteiger partial charge in [0.2, 0.25) is 0 Å². The number of ether oxygens (including phenoxy) is 4. The summed E-state index contributed by atoms with van der Waals surface area (Å²) >= 11 is 1.21. The van der Waals surface area contributed by atoms with Crippen LogP contribution in [0, 0.1) is 5.92 Å². The molecule has 2 heterocycles. The molecule has 1 unspecified atom stereocenters. The fourth-order valence-electron chi connectivity index (χ4n) is 4.23. The van der Waals surface area contributed by atoms with E-state index in [9.17, 15) is 14.4 Å². The third kappa shape index (κ3) is 5.65. The summed E-state index contributed by atoms with van der Waals surface area (Å²) in [6, 6.07) is 11.1. The van der Waals surface area contributed by atoms with E-state index in [1.807, 2.05) is 13.8 Å². The summed E-state index contributed by atoms with van der Waals surface area (Å²) in [7, 11) is 4.42. The van der Waals surface area contributed by atoms with Gasteiger partial charge in [0.15, 0.2) is 4.80 Å². The molecule has 0 saturated carbocycles. The van der Waals surface area contributed by atoms with Gasteiger partial charge in [0.1, 0.15) is 11.5 Å². The number of hydrogen-bond donors (Lipinski definition) is 0. The van der Waals surface area contributed by atoms with Gasteiger partial charge in [0.25, 0.3) is 5.56 Å². The van der Waals surface area contributed by atoms with E-state index in [1.165, 1.54) is 23.0 Å². The van der Waals surface area contributed by atoms with E-state index in [0.29, 0.717) is 43.2 Å². The van der Waals surface area contributed by atoms with E-state index in [2.05, 4.69) is 4.99 Å². The number of nitrogens with zero attached hydrogens (tertiary/aromatic N) is 2. The first kappa shape index (κ1) is 27.8. The van der Waals surface area contributed by atoms with Gasteiger partial charge >= 0.3 is 11.9 Å². The van der Waals surface area contributed by atoms with Crippen molar-refractivity contribution in [1.29, 1.82) is 0 Å². The molecule has 0 radical (unpaired) electrons. The summed E-state index contributed by atoms with van der Waals surface area (Å²) in [6.07, 6.45) is 1.72. The molecule has 9 nitrogen and oxygen atoms in total. The molecule has 1 aromatic heterocycles. The molecule has 4 rings (SSSR count). The van der Waals surface area contributed by atoms with Crippen LogP contribution in [0.25, 0.3) is 6.08 Å². The Kier molecular flexibility index (Phi) is 8.35. The van der Waals surface area contributed by atoms with Gasteiger partial charge in [-0.15, -0.1) is 0 Å². The SMILES string of the molecule is COC(=O)c1ccc(C2C(C(=O)OCC(C)C)=C(C)N=c3sc(=Cc4cc(OC)ccc4OC)c(=O)n32)cc1. The number of allylic oxidation sites excluding steroid dienone is 1. The zero-order valence-corrected chi connectivity index (χ0v) is 23.5. The molecule has 39 heavy (non-hydrogen) atoms. The van der Waals surface area contributed by atoms with Crippen LogP contribution in [0.15, 0.2) is 63.5 Å². The zero-order chi connectivity index (χ0) is 28.3. The van der Waals surface area contributed by atoms with Crippen molar-refractivity contribution in [3.05, 3.63) is 90.1 Å². The Morgan fingerprint density at radius 2 is 1.77 bits per heavy atom. The standard InChI is InChI=1S/C29H30N2O7S/c1-16(2)15-38-28(34)24-17(3)30-29-31(25(24)18-7-9-19(10-8-18)27(33)37-6)26(32)23(39-29)14-20-13-21(35-4)11-12-22(20)36-5/h7-14,16,25H,15H2,1-6H3. The van der Waals surface area contributed by atoms with E-state index in [-0.39, 0.29) is 23.7 Å². The fraction of sp³-hybridized carbons (Fsp3) is 0.310. The minimum Gasteiger partial charge on any atom is -0.497 e. The van der Waals surface area contributed by atoms with Crippen molar-refractivity contribution >= 4 is 29.4 Å². The highest BCUT2D eigenvalue weighted by Crippen LogP contribution is 2.31. The maximum absolute atomic E-state index is 13.9. The second-order valence-electron chi connectivity index (χ2n) is 9.30. The first-order chi connectivity index (χ1) is 18.7. The third-order valence-electron chi connectivity index (χ3n) is 6.16. The number of hydrogen-bond acceptors (Lipinski definition) is 9. The molecule has 1 aliphatic rings. The molecule has 2 aromatic carbocycles. The maximum Gasteiger partial charge on any atom is 0.338 e. The van der Waals surface area contributed by atoms with Crippen LogP contribution in [-0.2, 0) is 14.3 Å². The number of methoxy groups -OCH3 is 3. The summed E-state index contributed by atoms with van der Waals surface area (Å²) in [5.41, 5.74) is 2.03. The van der Waals surface area contributed by atoms with Crippen LogP contribution >= 0.6 is 11.3 Å². The van der Waals surface area contributed by atoms with Crippen LogP contribution < -0.4 is 24.4 Å². The van der Waals surface area contributed by atoms with Crippen LogP contribution in [0.1, 0.15) is 48.3 Å². The highest BCUT2D eigenvalue weighted by atomic mass is 32.1. The van der Waals surface area contributed by atoms with E-state index in [0.717, 1.165) is 0 Å². The van der Waals surface area contributed by atoms with Gasteiger partial charge in [-0.25, -0.2) is 14.6 Å². The van der Waals surface area contributed by atoms with E-state index in [1.54, 1.807) is 69.7 Å². The lowest BCUT2D eigenvalue weighted by molar-refractivity contribution is -0.140. The predicted molar refractivity (Wildman–Crippen MR) is 147 cm³/mol. The smallest absolute Gasteiger partial charge is 0.338 e. The molecule has 3 aromatic rings. The molecule has 0 fully saturated rings. The average Bonchev–Trinajstić information content (AvgIpc) is 3.24. The summed E-state index contributed by atoms with van der Waals surface area (Å²) in [5, 5.41) is 0. The number of thiazole rings is 1. The zero-order valence-electron chi connectivity index (χ0n) is 22.6. The minimum atomic E-state index is -0.804. The molecule has 0 saturated heterocycles. The molecular formula is C29H30N2O7S. The van der Waals surface area contributed by atoms with Gasteiger partial charge in [0.05, 0.1) is 55.3 Å². The molecule has 1 aliphatic heterocycles. The second-order valence-corrected chi connectivity index (χ2v) is 10.3. The molecule has 0 N–H and O–H groups in total. The van der Waals surface area contributed by atoms with Crippen molar-refractivity contribution in [2.24, 2.45) is 10.9 Å². The van der Waals surface area contributed by atoms with Gasteiger partial charge in [-0.1, -0.05) is 37.3 Å². The number of carbonyl (C=O) groups is 2. The number of carbonyl (C=O) groups excluding carboxylic acids is 2. The Balaban J connectivity index is 1.92. The van der Waals surface area contributed by atoms with Crippen LogP contribution in [0.3, 0.4) is 0 Å². The van der Waals surface area contributed by atoms with Crippen molar-refractivity contribution in [3.8, 4) is 11.5 Å². The maximum atomic E-state index is 13.9. The van der Waals surface area contributed by atoms with E-state index >= 15 is 0 Å². The van der Waals surface area contributed by atoms with Crippen molar-refractivity contribution in [2.75, 3.05) is 27.9 Å². The lowest BCUT2D eigenvalue weighted by atomic mass is 9.95. The van der Waals surface area contributed by atoms with E-state index in [4.69, 9.17) is 18.9 Å². The Labute approximate surface area is 229 Å². The summed E-state index contributed by atoms with van der Waals surface area (Å²) in [5.74, 6) is 0.290. The highest BCUT2D eigenvalue weighted by molar-refractivity contribution is 7.07. The number of esters is 2. The molecule has 0 amide bonds. The third-order valence-corrected chi connectivity index (χ3v) is 7.14. The first-order valence-electron chi connectivity index (χ1n) is 12.3. The number of fused-ring (bicyclic) bond motifs is 1. The van der Waals surface area contributed by atoms with Crippen LogP contribution in [0.2, 0.25) is 0 Å². The molecule has 204 valence electrons. The normalized spacial score (nSPS) is 15.1. The van der Waals surface area contributed by atoms with Gasteiger partial charge in [-0.2, -0.15) is 0 Å². The fourth-order valence-corrected chi connectivity index (χ4v) is 5.27. The Bertz CT molecular complexity index is 1610. The Morgan fingerprint density at radius 1 is 1.05 bits per heavy atom. The first-order valence-corrected chi connectivity index (χ1v) is 13.1. The van der Waals surface area contributed by atoms with Crippen LogP contribution in [0.4, 0.5) is 0 Å². The summed E-state index contributed by atoms with van der Waals surface area (Å²) in [6.45, 7) is 5.84. The molecule has 0 spiro atoms. The topological polar surface area (TPSA) is 105 Å². The van der Waals surface area contributed by atoms with Crippen molar-refractivity contribution in [3.63, 3.8) is 0 Å². The second kappa shape index (κ2) is 11.7. The Morgan fingerprint density at radius 3 is 2.38 bits per heavy atom. The van der Waals surface area contributed by atoms with Crippen molar-refractivity contribution in [2.45, 2.75) is 26.8 Å². The van der Waals surface area contributed by atoms with Crippen LogP contribution in [0.5, 0.6) is 11.5 Å². The molecule has 1 atom stereocenters. The molecular weight excluding hydrogens is 520 g/mol. The molecule has 0 bridgehead atoms. The minimum absolute atomic E-state index is 0.131. The monoisotopic (exact) mass is 550 g/mol. The Hall–Kier alpha value is -4.18. The van der Waals surface area contributed by atoms with Gasteiger partial charge < -0.3 is 18.9 Å². The summed E-state index contributed by atoms with van der Waals surface area (Å²) < 4.78 is 23.1. The lowest BCUT2D eigenvalue weighted by Crippen LogP contribution is -2.40. The number of rotatable bonds is 8. The molecule has 0 aliphatic carbocycles. The van der Waals surface area contributed by atoms with Gasteiger partial charge in [-0.05, 0) is 54.8 Å². The van der Waals surface area contributed by atoms with Gasteiger partial charge in [-0.3, -0.25) is 9.36 Å². The number of benzene rings is 2. The average molecular weight is 551 g/mol. The van der Waals surface area contributed by atoms with Crippen molar-refractivity contribution < 1.29 is 28.5 Å². The number of aromatic nitrogens is 1.